The molecular formula is C12H15Cl2NO2. The second-order valence-electron chi connectivity index (χ2n) is 3.95. The van der Waals surface area contributed by atoms with E-state index < -0.39 is 0 Å². The Balaban J connectivity index is 0.00000144. The molecule has 2 rings (SSSR count). The van der Waals surface area contributed by atoms with Gasteiger partial charge in [-0.15, -0.1) is 12.4 Å². The average molecular weight is 276 g/mol. The summed E-state index contributed by atoms with van der Waals surface area (Å²) in [6.45, 7) is 1.49. The van der Waals surface area contributed by atoms with Crippen LogP contribution in [0.1, 0.15) is 11.5 Å². The third-order valence-corrected chi connectivity index (χ3v) is 3.27. The zero-order chi connectivity index (χ0) is 11.5. The lowest BCUT2D eigenvalue weighted by Crippen LogP contribution is -2.22. The maximum absolute atomic E-state index is 11.6. The highest BCUT2D eigenvalue weighted by Crippen LogP contribution is 2.29. The van der Waals surface area contributed by atoms with Gasteiger partial charge in [0.25, 0.3) is 0 Å². The number of methoxy groups -OCH3 is 1. The standard InChI is InChI=1S/C12H14ClNO2.ClH/c1-16-12(15)11-7-14-6-10(11)8-2-4-9(13)5-3-8;/h2-5,10-11,14H,6-7H2,1H3;1H/t10-,11-;/m1./s1. The molecule has 2 atom stereocenters. The number of benzene rings is 1. The van der Waals surface area contributed by atoms with Crippen molar-refractivity contribution in [3.8, 4) is 0 Å². The molecule has 0 radical (unpaired) electrons. The first-order valence-corrected chi connectivity index (χ1v) is 5.64. The van der Waals surface area contributed by atoms with Crippen molar-refractivity contribution in [2.75, 3.05) is 20.2 Å². The lowest BCUT2D eigenvalue weighted by molar-refractivity contribution is -0.145. The minimum Gasteiger partial charge on any atom is -0.469 e. The van der Waals surface area contributed by atoms with Gasteiger partial charge in [-0.1, -0.05) is 23.7 Å². The molecule has 0 saturated carbocycles. The van der Waals surface area contributed by atoms with Crippen LogP contribution < -0.4 is 5.32 Å². The first-order valence-electron chi connectivity index (χ1n) is 5.26. The molecule has 0 spiro atoms. The van der Waals surface area contributed by atoms with Crippen LogP contribution in [0.2, 0.25) is 5.02 Å². The molecule has 0 aliphatic carbocycles. The third-order valence-electron chi connectivity index (χ3n) is 3.02. The zero-order valence-electron chi connectivity index (χ0n) is 9.48. The molecule has 1 heterocycles. The van der Waals surface area contributed by atoms with Gasteiger partial charge in [0.15, 0.2) is 0 Å². The van der Waals surface area contributed by atoms with Crippen molar-refractivity contribution >= 4 is 30.0 Å². The van der Waals surface area contributed by atoms with E-state index in [1.54, 1.807) is 0 Å². The Kier molecular flexibility index (Phi) is 5.25. The number of carbonyl (C=O) groups excluding carboxylic acids is 1. The summed E-state index contributed by atoms with van der Waals surface area (Å²) in [6, 6.07) is 7.64. The van der Waals surface area contributed by atoms with Gasteiger partial charge in [-0.3, -0.25) is 4.79 Å². The maximum Gasteiger partial charge on any atom is 0.310 e. The smallest absolute Gasteiger partial charge is 0.310 e. The number of hydrogen-bond acceptors (Lipinski definition) is 3. The molecule has 1 aliphatic rings. The Labute approximate surface area is 112 Å². The van der Waals surface area contributed by atoms with Gasteiger partial charge in [0, 0.05) is 24.0 Å². The molecule has 1 N–H and O–H groups in total. The second kappa shape index (κ2) is 6.24. The van der Waals surface area contributed by atoms with Crippen LogP contribution >= 0.6 is 24.0 Å². The Bertz CT molecular complexity index is 381. The molecule has 3 nitrogen and oxygen atoms in total. The predicted octanol–water partition coefficient (Wildman–Crippen LogP) is 2.24. The SMILES string of the molecule is COC(=O)[C@@H]1CNC[C@@H]1c1ccc(Cl)cc1.Cl. The maximum atomic E-state index is 11.6. The van der Waals surface area contributed by atoms with Crippen molar-refractivity contribution in [3.05, 3.63) is 34.9 Å². The van der Waals surface area contributed by atoms with Crippen molar-refractivity contribution in [1.82, 2.24) is 5.32 Å². The summed E-state index contributed by atoms with van der Waals surface area (Å²) in [6.07, 6.45) is 0. The normalized spacial score (nSPS) is 22.9. The van der Waals surface area contributed by atoms with Gasteiger partial charge in [-0.05, 0) is 17.7 Å². The summed E-state index contributed by atoms with van der Waals surface area (Å²) in [5, 5.41) is 3.93. The molecule has 1 fully saturated rings. The Morgan fingerprint density at radius 1 is 1.35 bits per heavy atom. The number of hydrogen-bond donors (Lipinski definition) is 1. The highest BCUT2D eigenvalue weighted by atomic mass is 35.5. The van der Waals surface area contributed by atoms with E-state index in [0.717, 1.165) is 12.1 Å². The van der Waals surface area contributed by atoms with Crippen LogP contribution in [0.25, 0.3) is 0 Å². The lowest BCUT2D eigenvalue weighted by atomic mass is 9.89. The van der Waals surface area contributed by atoms with E-state index in [1.807, 2.05) is 24.3 Å². The fourth-order valence-electron chi connectivity index (χ4n) is 2.14. The number of rotatable bonds is 2. The Hall–Kier alpha value is -0.770. The summed E-state index contributed by atoms with van der Waals surface area (Å²) < 4.78 is 4.80. The molecule has 0 bridgehead atoms. The summed E-state index contributed by atoms with van der Waals surface area (Å²) in [5.74, 6) is -0.0548. The van der Waals surface area contributed by atoms with Crippen molar-refractivity contribution in [2.24, 2.45) is 5.92 Å². The highest BCUT2D eigenvalue weighted by Gasteiger charge is 2.34. The largest absolute Gasteiger partial charge is 0.469 e. The van der Waals surface area contributed by atoms with Crippen LogP contribution in [0.3, 0.4) is 0 Å². The van der Waals surface area contributed by atoms with Gasteiger partial charge in [-0.2, -0.15) is 0 Å². The van der Waals surface area contributed by atoms with E-state index in [1.165, 1.54) is 7.11 Å². The van der Waals surface area contributed by atoms with Crippen LogP contribution in [-0.2, 0) is 9.53 Å². The quantitative estimate of drug-likeness (QED) is 0.842. The molecule has 0 amide bonds. The van der Waals surface area contributed by atoms with Crippen LogP contribution in [-0.4, -0.2) is 26.2 Å². The fraction of sp³-hybridized carbons (Fsp3) is 0.417. The monoisotopic (exact) mass is 275 g/mol. The minimum atomic E-state index is -0.148. The number of carbonyl (C=O) groups is 1. The number of nitrogens with one attached hydrogen (secondary N) is 1. The highest BCUT2D eigenvalue weighted by molar-refractivity contribution is 6.30. The van der Waals surface area contributed by atoms with Gasteiger partial charge < -0.3 is 10.1 Å². The van der Waals surface area contributed by atoms with E-state index >= 15 is 0 Å². The second-order valence-corrected chi connectivity index (χ2v) is 4.38. The van der Waals surface area contributed by atoms with Crippen molar-refractivity contribution in [2.45, 2.75) is 5.92 Å². The van der Waals surface area contributed by atoms with Crippen molar-refractivity contribution < 1.29 is 9.53 Å². The molecule has 1 aromatic rings. The molecule has 1 aliphatic heterocycles. The predicted molar refractivity (Wildman–Crippen MR) is 69.8 cm³/mol. The number of halogens is 2. The van der Waals surface area contributed by atoms with E-state index in [-0.39, 0.29) is 30.2 Å². The third kappa shape index (κ3) is 3.12. The topological polar surface area (TPSA) is 38.3 Å². The van der Waals surface area contributed by atoms with Gasteiger partial charge >= 0.3 is 5.97 Å². The fourth-order valence-corrected chi connectivity index (χ4v) is 2.26. The van der Waals surface area contributed by atoms with E-state index in [4.69, 9.17) is 16.3 Å². The van der Waals surface area contributed by atoms with Gasteiger partial charge in [0.1, 0.15) is 0 Å². The van der Waals surface area contributed by atoms with Crippen LogP contribution in [0, 0.1) is 5.92 Å². The van der Waals surface area contributed by atoms with E-state index in [0.29, 0.717) is 11.6 Å². The summed E-state index contributed by atoms with van der Waals surface area (Å²) >= 11 is 5.84. The molecule has 0 unspecified atom stereocenters. The molecule has 1 aromatic carbocycles. The lowest BCUT2D eigenvalue weighted by Gasteiger charge is -2.16. The zero-order valence-corrected chi connectivity index (χ0v) is 11.1. The Morgan fingerprint density at radius 3 is 2.59 bits per heavy atom. The van der Waals surface area contributed by atoms with Crippen molar-refractivity contribution in [1.29, 1.82) is 0 Å². The number of ether oxygens (including phenoxy) is 1. The minimum absolute atomic E-state index is 0. The van der Waals surface area contributed by atoms with Crippen LogP contribution in [0.15, 0.2) is 24.3 Å². The van der Waals surface area contributed by atoms with Crippen LogP contribution in [0.4, 0.5) is 0 Å². The average Bonchev–Trinajstić information content (AvgIpc) is 2.78. The van der Waals surface area contributed by atoms with E-state index in [9.17, 15) is 4.79 Å². The summed E-state index contributed by atoms with van der Waals surface area (Å²) in [4.78, 5) is 11.6. The van der Waals surface area contributed by atoms with Gasteiger partial charge in [0.05, 0.1) is 13.0 Å². The molecule has 1 saturated heterocycles. The molecular weight excluding hydrogens is 261 g/mol. The van der Waals surface area contributed by atoms with Crippen molar-refractivity contribution in [3.63, 3.8) is 0 Å². The first kappa shape index (κ1) is 14.3. The molecule has 17 heavy (non-hydrogen) atoms. The Morgan fingerprint density at radius 2 is 2.00 bits per heavy atom. The van der Waals surface area contributed by atoms with Crippen LogP contribution in [0.5, 0.6) is 0 Å². The van der Waals surface area contributed by atoms with E-state index in [2.05, 4.69) is 5.32 Å². The molecule has 5 heteroatoms. The summed E-state index contributed by atoms with van der Waals surface area (Å²) in [7, 11) is 1.43. The first-order chi connectivity index (χ1) is 7.72. The van der Waals surface area contributed by atoms with Gasteiger partial charge in [0.2, 0.25) is 0 Å². The summed E-state index contributed by atoms with van der Waals surface area (Å²) in [5.41, 5.74) is 1.13. The molecule has 0 aromatic heterocycles. The molecule has 94 valence electrons. The number of esters is 1. The van der Waals surface area contributed by atoms with Gasteiger partial charge in [-0.25, -0.2) is 0 Å².